The van der Waals surface area contributed by atoms with Gasteiger partial charge in [0.15, 0.2) is 8.32 Å². The van der Waals surface area contributed by atoms with Crippen molar-refractivity contribution in [3.05, 3.63) is 35.9 Å². The lowest BCUT2D eigenvalue weighted by atomic mass is 10.0. The van der Waals surface area contributed by atoms with Crippen LogP contribution in [0.2, 0.25) is 18.1 Å². The van der Waals surface area contributed by atoms with E-state index in [1.54, 1.807) is 0 Å². The number of likely N-dealkylation sites (tertiary alicyclic amines) is 1. The average Bonchev–Trinajstić information content (AvgIpc) is 2.88. The second-order valence-electron chi connectivity index (χ2n) is 9.80. The van der Waals surface area contributed by atoms with Gasteiger partial charge in [0.05, 0.1) is 12.1 Å². The zero-order chi connectivity index (χ0) is 19.8. The van der Waals surface area contributed by atoms with Crippen molar-refractivity contribution in [2.24, 2.45) is 0 Å². The lowest BCUT2D eigenvalue weighted by Crippen LogP contribution is -2.45. The number of carbonyl (C=O) groups excluding carboxylic acids is 1. The molecule has 1 aliphatic heterocycles. The lowest BCUT2D eigenvalue weighted by Gasteiger charge is -2.38. The zero-order valence-corrected chi connectivity index (χ0v) is 18.6. The van der Waals surface area contributed by atoms with Crippen molar-refractivity contribution in [3.8, 4) is 0 Å². The second-order valence-corrected chi connectivity index (χ2v) is 14.6. The average molecular weight is 378 g/mol. The topological polar surface area (TPSA) is 38.8 Å². The van der Waals surface area contributed by atoms with Gasteiger partial charge >= 0.3 is 6.09 Å². The number of hydrogen-bond acceptors (Lipinski definition) is 3. The predicted octanol–water partition coefficient (Wildman–Crippen LogP) is 5.76. The van der Waals surface area contributed by atoms with E-state index in [4.69, 9.17) is 9.16 Å². The van der Waals surface area contributed by atoms with Crippen LogP contribution in [0.5, 0.6) is 0 Å². The number of hydrogen-bond donors (Lipinski definition) is 0. The van der Waals surface area contributed by atoms with E-state index in [1.165, 1.54) is 0 Å². The maximum atomic E-state index is 12.8. The van der Waals surface area contributed by atoms with E-state index in [-0.39, 0.29) is 23.3 Å². The van der Waals surface area contributed by atoms with Gasteiger partial charge in [0.25, 0.3) is 0 Å². The third-order valence-corrected chi connectivity index (χ3v) is 9.88. The summed E-state index contributed by atoms with van der Waals surface area (Å²) >= 11 is 0. The first-order valence-electron chi connectivity index (χ1n) is 9.52. The fraction of sp³-hybridized carbons (Fsp3) is 0.667. The van der Waals surface area contributed by atoms with Crippen LogP contribution in [0.3, 0.4) is 0 Å². The van der Waals surface area contributed by atoms with Crippen LogP contribution in [0.4, 0.5) is 4.79 Å². The fourth-order valence-corrected chi connectivity index (χ4v) is 4.35. The predicted molar refractivity (Wildman–Crippen MR) is 109 cm³/mol. The number of rotatable bonds is 3. The normalized spacial score (nSPS) is 21.8. The van der Waals surface area contributed by atoms with E-state index in [1.807, 2.05) is 43.9 Å². The Kier molecular flexibility index (Phi) is 5.93. The summed E-state index contributed by atoms with van der Waals surface area (Å²) in [6.07, 6.45) is 0.608. The number of amides is 1. The number of ether oxygens (including phenoxy) is 1. The Morgan fingerprint density at radius 3 is 2.15 bits per heavy atom. The van der Waals surface area contributed by atoms with Crippen molar-refractivity contribution in [2.45, 2.75) is 83.8 Å². The molecule has 26 heavy (non-hydrogen) atoms. The molecule has 1 heterocycles. The van der Waals surface area contributed by atoms with Crippen LogP contribution in [0, 0.1) is 0 Å². The van der Waals surface area contributed by atoms with Crippen molar-refractivity contribution in [2.75, 3.05) is 6.54 Å². The lowest BCUT2D eigenvalue weighted by molar-refractivity contribution is 0.0208. The van der Waals surface area contributed by atoms with Crippen LogP contribution in [0.15, 0.2) is 30.3 Å². The summed E-state index contributed by atoms with van der Waals surface area (Å²) in [5.74, 6) is 0. The Bertz CT molecular complexity index is 616. The highest BCUT2D eigenvalue weighted by molar-refractivity contribution is 6.74. The van der Waals surface area contributed by atoms with Crippen LogP contribution in [-0.4, -0.2) is 37.6 Å². The summed E-state index contributed by atoms with van der Waals surface area (Å²) in [4.78, 5) is 14.7. The van der Waals surface area contributed by atoms with Gasteiger partial charge in [0.2, 0.25) is 0 Å². The molecule has 2 atom stereocenters. The Hall–Kier alpha value is -1.33. The minimum atomic E-state index is -1.89. The SMILES string of the molecule is CC(C)(C)OC(=O)N1C[C@H](O[Si](C)(C)C(C)(C)C)C[C@H]1c1ccccc1. The maximum absolute atomic E-state index is 12.8. The van der Waals surface area contributed by atoms with Gasteiger partial charge < -0.3 is 9.16 Å². The molecule has 0 spiro atoms. The smallest absolute Gasteiger partial charge is 0.410 e. The van der Waals surface area contributed by atoms with Gasteiger partial charge in [-0.15, -0.1) is 0 Å². The molecule has 0 bridgehead atoms. The molecule has 0 N–H and O–H groups in total. The first-order chi connectivity index (χ1) is 11.8. The molecule has 0 aliphatic carbocycles. The minimum absolute atomic E-state index is 0.000758. The highest BCUT2D eigenvalue weighted by atomic mass is 28.4. The summed E-state index contributed by atoms with van der Waals surface area (Å²) in [6.45, 7) is 17.6. The van der Waals surface area contributed by atoms with E-state index in [2.05, 4.69) is 46.0 Å². The van der Waals surface area contributed by atoms with Crippen molar-refractivity contribution >= 4 is 14.4 Å². The molecule has 0 unspecified atom stereocenters. The van der Waals surface area contributed by atoms with E-state index >= 15 is 0 Å². The highest BCUT2D eigenvalue weighted by Gasteiger charge is 2.44. The molecule has 0 saturated carbocycles. The molecule has 1 aromatic rings. The Labute approximate surface area is 160 Å². The van der Waals surface area contributed by atoms with Gasteiger partial charge in [-0.25, -0.2) is 4.79 Å². The Morgan fingerprint density at radius 2 is 1.65 bits per heavy atom. The van der Waals surface area contributed by atoms with Crippen molar-refractivity contribution in [3.63, 3.8) is 0 Å². The van der Waals surface area contributed by atoms with Crippen LogP contribution in [0.1, 0.15) is 59.6 Å². The van der Waals surface area contributed by atoms with Gasteiger partial charge in [0, 0.05) is 6.54 Å². The van der Waals surface area contributed by atoms with E-state index in [0.29, 0.717) is 6.54 Å². The van der Waals surface area contributed by atoms with Crippen LogP contribution < -0.4 is 0 Å². The molecule has 2 rings (SSSR count). The first kappa shape index (κ1) is 21.0. The summed E-state index contributed by atoms with van der Waals surface area (Å²) in [5, 5.41) is 0.147. The quantitative estimate of drug-likeness (QED) is 0.629. The second kappa shape index (κ2) is 7.35. The fourth-order valence-electron chi connectivity index (χ4n) is 2.99. The summed E-state index contributed by atoms with van der Waals surface area (Å²) < 4.78 is 12.3. The molecule has 1 fully saturated rings. The van der Waals surface area contributed by atoms with E-state index in [9.17, 15) is 4.79 Å². The van der Waals surface area contributed by atoms with Crippen LogP contribution in [-0.2, 0) is 9.16 Å². The molecular formula is C21H35NO3Si. The third-order valence-electron chi connectivity index (χ3n) is 5.34. The summed E-state index contributed by atoms with van der Waals surface area (Å²) in [6, 6.07) is 10.2. The van der Waals surface area contributed by atoms with Gasteiger partial charge in [-0.2, -0.15) is 0 Å². The van der Waals surface area contributed by atoms with Crippen LogP contribution >= 0.6 is 0 Å². The van der Waals surface area contributed by atoms with Gasteiger partial charge in [-0.05, 0) is 50.9 Å². The monoisotopic (exact) mass is 377 g/mol. The van der Waals surface area contributed by atoms with E-state index in [0.717, 1.165) is 12.0 Å². The van der Waals surface area contributed by atoms with Crippen molar-refractivity contribution in [1.29, 1.82) is 0 Å². The summed E-state index contributed by atoms with van der Waals surface area (Å²) in [5.41, 5.74) is 0.635. The zero-order valence-electron chi connectivity index (χ0n) is 17.6. The Balaban J connectivity index is 2.23. The standard InChI is InChI=1S/C21H35NO3Si/c1-20(2,3)24-19(23)22-15-17(25-26(7,8)21(4,5)6)14-18(22)16-12-10-9-11-13-16/h9-13,17-18H,14-15H2,1-8H3/t17-,18+/m1/s1. The van der Waals surface area contributed by atoms with Gasteiger partial charge in [-0.3, -0.25) is 4.90 Å². The molecule has 5 heteroatoms. The minimum Gasteiger partial charge on any atom is -0.444 e. The first-order valence-corrected chi connectivity index (χ1v) is 12.4. The van der Waals surface area contributed by atoms with Crippen LogP contribution in [0.25, 0.3) is 0 Å². The third kappa shape index (κ3) is 5.10. The number of nitrogens with zero attached hydrogens (tertiary/aromatic N) is 1. The Morgan fingerprint density at radius 1 is 1.08 bits per heavy atom. The molecule has 1 aliphatic rings. The molecular weight excluding hydrogens is 342 g/mol. The molecule has 1 amide bonds. The van der Waals surface area contributed by atoms with E-state index < -0.39 is 13.9 Å². The molecule has 146 valence electrons. The van der Waals surface area contributed by atoms with Gasteiger partial charge in [-0.1, -0.05) is 51.1 Å². The maximum Gasteiger partial charge on any atom is 0.410 e. The molecule has 1 saturated heterocycles. The summed E-state index contributed by atoms with van der Waals surface area (Å²) in [7, 11) is -1.89. The largest absolute Gasteiger partial charge is 0.444 e. The highest BCUT2D eigenvalue weighted by Crippen LogP contribution is 2.41. The molecule has 1 aromatic carbocycles. The molecule has 4 nitrogen and oxygen atoms in total. The van der Waals surface area contributed by atoms with Crippen molar-refractivity contribution in [1.82, 2.24) is 4.90 Å². The molecule has 0 aromatic heterocycles. The number of carbonyl (C=O) groups is 1. The van der Waals surface area contributed by atoms with Gasteiger partial charge in [0.1, 0.15) is 5.60 Å². The molecule has 0 radical (unpaired) electrons. The number of benzene rings is 1. The van der Waals surface area contributed by atoms with Crippen molar-refractivity contribution < 1.29 is 14.0 Å².